The van der Waals surface area contributed by atoms with Gasteiger partial charge in [0.05, 0.1) is 24.4 Å². The predicted octanol–water partition coefficient (Wildman–Crippen LogP) is 2.96. The van der Waals surface area contributed by atoms with Crippen molar-refractivity contribution in [2.24, 2.45) is 0 Å². The maximum atomic E-state index is 5.37. The van der Waals surface area contributed by atoms with Crippen LogP contribution in [-0.4, -0.2) is 41.5 Å². The van der Waals surface area contributed by atoms with Crippen LogP contribution in [-0.2, 0) is 4.74 Å². The molecule has 0 amide bonds. The topological polar surface area (TPSA) is 54.0 Å². The van der Waals surface area contributed by atoms with Gasteiger partial charge in [-0.2, -0.15) is 5.10 Å². The van der Waals surface area contributed by atoms with E-state index in [1.54, 1.807) is 0 Å². The third-order valence-corrected chi connectivity index (χ3v) is 4.04. The average molecular weight is 306 g/mol. The van der Waals surface area contributed by atoms with Crippen molar-refractivity contribution < 1.29 is 4.74 Å². The van der Waals surface area contributed by atoms with E-state index in [1.807, 2.05) is 36.5 Å². The Labute approximate surface area is 134 Å². The van der Waals surface area contributed by atoms with Crippen LogP contribution in [0, 0.1) is 0 Å². The SMILES string of the molecule is C(=C\c1n[nH]c2ccccc12)/c1ccc(N2CCOCC2)nc1. The number of hydrogen-bond acceptors (Lipinski definition) is 4. The number of benzene rings is 1. The molecule has 0 radical (unpaired) electrons. The average Bonchev–Trinajstić information content (AvgIpc) is 3.04. The number of ether oxygens (including phenoxy) is 1. The highest BCUT2D eigenvalue weighted by Crippen LogP contribution is 2.18. The summed E-state index contributed by atoms with van der Waals surface area (Å²) in [4.78, 5) is 6.80. The molecular formula is C18H18N4O. The molecule has 23 heavy (non-hydrogen) atoms. The number of H-pyrrole nitrogens is 1. The molecule has 4 rings (SSSR count). The number of morpholine rings is 1. The Bertz CT molecular complexity index is 816. The number of hydrogen-bond donors (Lipinski definition) is 1. The number of aromatic amines is 1. The second-order valence-corrected chi connectivity index (χ2v) is 5.54. The van der Waals surface area contributed by atoms with Gasteiger partial charge in [-0.05, 0) is 29.8 Å². The highest BCUT2D eigenvalue weighted by atomic mass is 16.5. The summed E-state index contributed by atoms with van der Waals surface area (Å²) >= 11 is 0. The first kappa shape index (κ1) is 14.0. The van der Waals surface area contributed by atoms with Gasteiger partial charge in [0, 0.05) is 24.7 Å². The van der Waals surface area contributed by atoms with E-state index in [-0.39, 0.29) is 0 Å². The summed E-state index contributed by atoms with van der Waals surface area (Å²) in [5, 5.41) is 8.51. The van der Waals surface area contributed by atoms with E-state index in [0.29, 0.717) is 0 Å². The first-order valence-corrected chi connectivity index (χ1v) is 7.80. The van der Waals surface area contributed by atoms with E-state index >= 15 is 0 Å². The van der Waals surface area contributed by atoms with E-state index in [2.05, 4.69) is 38.3 Å². The van der Waals surface area contributed by atoms with Crippen LogP contribution in [0.1, 0.15) is 11.3 Å². The van der Waals surface area contributed by atoms with Gasteiger partial charge in [0.15, 0.2) is 0 Å². The van der Waals surface area contributed by atoms with E-state index in [4.69, 9.17) is 4.74 Å². The molecule has 2 aromatic heterocycles. The predicted molar refractivity (Wildman–Crippen MR) is 92.3 cm³/mol. The molecule has 3 aromatic rings. The zero-order valence-electron chi connectivity index (χ0n) is 12.8. The summed E-state index contributed by atoms with van der Waals surface area (Å²) in [5.74, 6) is 1.01. The van der Waals surface area contributed by atoms with Gasteiger partial charge < -0.3 is 9.64 Å². The standard InChI is InChI=1S/C18H18N4O/c1-2-4-16-15(3-1)17(21-20-16)7-5-14-6-8-18(19-13-14)22-9-11-23-12-10-22/h1-8,13H,9-12H2,(H,20,21)/b7-5+. The molecule has 5 nitrogen and oxygen atoms in total. The smallest absolute Gasteiger partial charge is 0.128 e. The van der Waals surface area contributed by atoms with Crippen LogP contribution in [0.5, 0.6) is 0 Å². The number of rotatable bonds is 3. The van der Waals surface area contributed by atoms with Crippen LogP contribution in [0.3, 0.4) is 0 Å². The third-order valence-electron chi connectivity index (χ3n) is 4.04. The van der Waals surface area contributed by atoms with Crippen LogP contribution >= 0.6 is 0 Å². The number of aromatic nitrogens is 3. The Balaban J connectivity index is 1.52. The molecule has 5 heteroatoms. The van der Waals surface area contributed by atoms with Gasteiger partial charge in [0.2, 0.25) is 0 Å². The van der Waals surface area contributed by atoms with Gasteiger partial charge in [-0.1, -0.05) is 24.3 Å². The molecule has 0 atom stereocenters. The lowest BCUT2D eigenvalue weighted by molar-refractivity contribution is 0.122. The molecule has 0 unspecified atom stereocenters. The molecular weight excluding hydrogens is 288 g/mol. The molecule has 1 N–H and O–H groups in total. The maximum Gasteiger partial charge on any atom is 0.128 e. The number of nitrogens with zero attached hydrogens (tertiary/aromatic N) is 3. The molecule has 3 heterocycles. The zero-order chi connectivity index (χ0) is 15.5. The van der Waals surface area contributed by atoms with E-state index in [0.717, 1.165) is 54.3 Å². The van der Waals surface area contributed by atoms with Crippen molar-refractivity contribution in [1.82, 2.24) is 15.2 Å². The Morgan fingerprint density at radius 3 is 2.74 bits per heavy atom. The molecule has 0 spiro atoms. The Hall–Kier alpha value is -2.66. The summed E-state index contributed by atoms with van der Waals surface area (Å²) in [5.41, 5.74) is 3.06. The monoisotopic (exact) mass is 306 g/mol. The first-order valence-electron chi connectivity index (χ1n) is 7.80. The van der Waals surface area contributed by atoms with E-state index < -0.39 is 0 Å². The number of fused-ring (bicyclic) bond motifs is 1. The van der Waals surface area contributed by atoms with Crippen molar-refractivity contribution in [3.05, 3.63) is 53.9 Å². The maximum absolute atomic E-state index is 5.37. The van der Waals surface area contributed by atoms with Crippen LogP contribution in [0.4, 0.5) is 5.82 Å². The fraction of sp³-hybridized carbons (Fsp3) is 0.222. The van der Waals surface area contributed by atoms with Crippen molar-refractivity contribution >= 4 is 28.9 Å². The minimum absolute atomic E-state index is 0.773. The van der Waals surface area contributed by atoms with Crippen molar-refractivity contribution in [3.63, 3.8) is 0 Å². The Morgan fingerprint density at radius 2 is 1.91 bits per heavy atom. The normalized spacial score (nSPS) is 15.6. The van der Waals surface area contributed by atoms with Crippen LogP contribution in [0.25, 0.3) is 23.1 Å². The minimum atomic E-state index is 0.773. The largest absolute Gasteiger partial charge is 0.378 e. The lowest BCUT2D eigenvalue weighted by Crippen LogP contribution is -2.36. The van der Waals surface area contributed by atoms with Gasteiger partial charge in [-0.15, -0.1) is 0 Å². The van der Waals surface area contributed by atoms with Crippen LogP contribution in [0.15, 0.2) is 42.6 Å². The van der Waals surface area contributed by atoms with Crippen molar-refractivity contribution in [3.8, 4) is 0 Å². The molecule has 1 aliphatic rings. The highest BCUT2D eigenvalue weighted by molar-refractivity contribution is 5.89. The van der Waals surface area contributed by atoms with Crippen LogP contribution < -0.4 is 4.90 Å². The number of nitrogens with one attached hydrogen (secondary N) is 1. The molecule has 1 aromatic carbocycles. The molecule has 0 bridgehead atoms. The summed E-state index contributed by atoms with van der Waals surface area (Å²) in [6.07, 6.45) is 5.96. The third kappa shape index (κ3) is 2.96. The van der Waals surface area contributed by atoms with Crippen molar-refractivity contribution in [2.75, 3.05) is 31.2 Å². The highest BCUT2D eigenvalue weighted by Gasteiger charge is 2.11. The fourth-order valence-electron chi connectivity index (χ4n) is 2.76. The molecule has 0 saturated carbocycles. The van der Waals surface area contributed by atoms with Gasteiger partial charge in [-0.3, -0.25) is 5.10 Å². The second kappa shape index (κ2) is 6.22. The quantitative estimate of drug-likeness (QED) is 0.808. The fourth-order valence-corrected chi connectivity index (χ4v) is 2.76. The summed E-state index contributed by atoms with van der Waals surface area (Å²) in [6.45, 7) is 3.36. The Kier molecular flexibility index (Phi) is 3.78. The molecule has 116 valence electrons. The van der Waals surface area contributed by atoms with E-state index in [9.17, 15) is 0 Å². The van der Waals surface area contributed by atoms with Crippen molar-refractivity contribution in [2.45, 2.75) is 0 Å². The molecule has 0 aliphatic carbocycles. The molecule has 1 fully saturated rings. The first-order chi connectivity index (χ1) is 11.4. The number of pyridine rings is 1. The molecule has 1 aliphatic heterocycles. The van der Waals surface area contributed by atoms with Gasteiger partial charge >= 0.3 is 0 Å². The van der Waals surface area contributed by atoms with Gasteiger partial charge in [0.1, 0.15) is 5.82 Å². The second-order valence-electron chi connectivity index (χ2n) is 5.54. The lowest BCUT2D eigenvalue weighted by Gasteiger charge is -2.27. The number of para-hydroxylation sites is 1. The summed E-state index contributed by atoms with van der Waals surface area (Å²) in [6, 6.07) is 12.3. The zero-order valence-corrected chi connectivity index (χ0v) is 12.8. The van der Waals surface area contributed by atoms with Crippen LogP contribution in [0.2, 0.25) is 0 Å². The van der Waals surface area contributed by atoms with Crippen molar-refractivity contribution in [1.29, 1.82) is 0 Å². The minimum Gasteiger partial charge on any atom is -0.378 e. The summed E-state index contributed by atoms with van der Waals surface area (Å²) in [7, 11) is 0. The van der Waals surface area contributed by atoms with E-state index in [1.165, 1.54) is 0 Å². The van der Waals surface area contributed by atoms with Gasteiger partial charge in [0.25, 0.3) is 0 Å². The summed E-state index contributed by atoms with van der Waals surface area (Å²) < 4.78 is 5.37. The number of anilines is 1. The lowest BCUT2D eigenvalue weighted by atomic mass is 10.2. The molecule has 1 saturated heterocycles. The van der Waals surface area contributed by atoms with Gasteiger partial charge in [-0.25, -0.2) is 4.98 Å². The Morgan fingerprint density at radius 1 is 1.04 bits per heavy atom.